The lowest BCUT2D eigenvalue weighted by atomic mass is 9.94. The van der Waals surface area contributed by atoms with Gasteiger partial charge < -0.3 is 24.6 Å². The van der Waals surface area contributed by atoms with Gasteiger partial charge in [0.25, 0.3) is 11.7 Å². The Morgan fingerprint density at radius 3 is 2.38 bits per heavy atom. The molecule has 3 rings (SSSR count). The number of amides is 1. The van der Waals surface area contributed by atoms with E-state index in [0.717, 1.165) is 0 Å². The summed E-state index contributed by atoms with van der Waals surface area (Å²) in [4.78, 5) is 27.0. The summed E-state index contributed by atoms with van der Waals surface area (Å²) in [6.07, 6.45) is 0.625. The Bertz CT molecular complexity index is 981. The molecule has 1 unspecified atom stereocenters. The lowest BCUT2D eigenvalue weighted by molar-refractivity contribution is -0.139. The molecule has 1 aliphatic heterocycles. The fraction of sp³-hybridized carbons (Fsp3) is 0.273. The molecule has 7 nitrogen and oxygen atoms in total. The first kappa shape index (κ1) is 20.3. The predicted molar refractivity (Wildman–Crippen MR) is 107 cm³/mol. The highest BCUT2D eigenvalue weighted by Crippen LogP contribution is 2.42. The van der Waals surface area contributed by atoms with Crippen LogP contribution in [-0.4, -0.2) is 47.6 Å². The summed E-state index contributed by atoms with van der Waals surface area (Å²) in [5, 5.41) is 21.2. The van der Waals surface area contributed by atoms with Gasteiger partial charge in [-0.1, -0.05) is 25.1 Å². The molecule has 1 heterocycles. The molecule has 0 bridgehead atoms. The number of aromatic hydroxyl groups is 1. The molecule has 2 aromatic rings. The average molecular weight is 397 g/mol. The number of hydrogen-bond donors (Lipinski definition) is 2. The Morgan fingerprint density at radius 1 is 1.07 bits per heavy atom. The Kier molecular flexibility index (Phi) is 5.77. The zero-order valence-electron chi connectivity index (χ0n) is 16.5. The lowest BCUT2D eigenvalue weighted by Gasteiger charge is -2.25. The number of nitrogens with zero attached hydrogens (tertiary/aromatic N) is 1. The molecular weight excluding hydrogens is 374 g/mol. The molecule has 1 atom stereocenters. The third-order valence-electron chi connectivity index (χ3n) is 4.89. The molecule has 152 valence electrons. The molecule has 29 heavy (non-hydrogen) atoms. The van der Waals surface area contributed by atoms with Crippen molar-refractivity contribution in [2.75, 3.05) is 20.8 Å². The van der Waals surface area contributed by atoms with E-state index in [1.807, 2.05) is 6.92 Å². The zero-order chi connectivity index (χ0) is 21.1. The van der Waals surface area contributed by atoms with E-state index in [2.05, 4.69) is 0 Å². The molecule has 0 aromatic heterocycles. The number of phenols is 1. The van der Waals surface area contributed by atoms with Crippen molar-refractivity contribution in [2.24, 2.45) is 0 Å². The zero-order valence-corrected chi connectivity index (χ0v) is 16.5. The number of benzene rings is 2. The first-order chi connectivity index (χ1) is 13.9. The second-order valence-electron chi connectivity index (χ2n) is 6.62. The van der Waals surface area contributed by atoms with Gasteiger partial charge in [0, 0.05) is 6.54 Å². The van der Waals surface area contributed by atoms with Crippen LogP contribution in [0, 0.1) is 0 Å². The predicted octanol–water partition coefficient (Wildman–Crippen LogP) is 3.24. The maximum absolute atomic E-state index is 12.9. The maximum Gasteiger partial charge on any atom is 0.295 e. The van der Waals surface area contributed by atoms with Crippen molar-refractivity contribution in [1.82, 2.24) is 4.90 Å². The van der Waals surface area contributed by atoms with Crippen molar-refractivity contribution in [2.45, 2.75) is 19.4 Å². The molecule has 1 saturated heterocycles. The van der Waals surface area contributed by atoms with E-state index in [1.54, 1.807) is 36.4 Å². The van der Waals surface area contributed by atoms with Gasteiger partial charge in [-0.05, 0) is 36.2 Å². The molecule has 1 aliphatic rings. The van der Waals surface area contributed by atoms with E-state index in [1.165, 1.54) is 25.2 Å². The average Bonchev–Trinajstić information content (AvgIpc) is 2.98. The van der Waals surface area contributed by atoms with Crippen LogP contribution in [-0.2, 0) is 9.59 Å². The highest BCUT2D eigenvalue weighted by atomic mass is 16.5. The lowest BCUT2D eigenvalue weighted by Crippen LogP contribution is -2.30. The number of ether oxygens (including phenoxy) is 2. The third kappa shape index (κ3) is 3.51. The van der Waals surface area contributed by atoms with E-state index in [0.29, 0.717) is 29.8 Å². The summed E-state index contributed by atoms with van der Waals surface area (Å²) < 4.78 is 10.4. The van der Waals surface area contributed by atoms with Crippen LogP contribution in [0.2, 0.25) is 0 Å². The summed E-state index contributed by atoms with van der Waals surface area (Å²) >= 11 is 0. The first-order valence-electron chi connectivity index (χ1n) is 9.23. The minimum absolute atomic E-state index is 0.0440. The van der Waals surface area contributed by atoms with Gasteiger partial charge in [0.1, 0.15) is 11.5 Å². The van der Waals surface area contributed by atoms with Gasteiger partial charge in [0.15, 0.2) is 11.5 Å². The summed E-state index contributed by atoms with van der Waals surface area (Å²) in [5.41, 5.74) is 0.761. The molecule has 1 fully saturated rings. The van der Waals surface area contributed by atoms with E-state index in [9.17, 15) is 19.8 Å². The van der Waals surface area contributed by atoms with Crippen LogP contribution in [0.3, 0.4) is 0 Å². The van der Waals surface area contributed by atoms with Crippen LogP contribution in [0.5, 0.6) is 17.2 Å². The number of phenolic OH excluding ortho intramolecular Hbond substituents is 1. The normalized spacial score (nSPS) is 18.2. The highest BCUT2D eigenvalue weighted by Gasteiger charge is 2.46. The van der Waals surface area contributed by atoms with E-state index < -0.39 is 17.7 Å². The number of ketones is 1. The number of carbonyl (C=O) groups excluding carboxylic acids is 2. The summed E-state index contributed by atoms with van der Waals surface area (Å²) in [6.45, 7) is 2.22. The number of likely N-dealkylation sites (tertiary alicyclic amines) is 1. The number of rotatable bonds is 6. The standard InChI is InChI=1S/C22H23NO6/c1-4-11-23-19(13-9-10-17(29-3)15(24)12-13)18(21(26)22(23)27)20(25)14-7-5-6-8-16(14)28-2/h5-10,12,19,24-25H,4,11H2,1-3H3/b20-18-. The molecule has 7 heteroatoms. The largest absolute Gasteiger partial charge is 0.507 e. The van der Waals surface area contributed by atoms with Gasteiger partial charge >= 0.3 is 0 Å². The Hall–Kier alpha value is -3.48. The fourth-order valence-corrected chi connectivity index (χ4v) is 3.56. The van der Waals surface area contributed by atoms with Gasteiger partial charge in [-0.15, -0.1) is 0 Å². The highest BCUT2D eigenvalue weighted by molar-refractivity contribution is 6.46. The summed E-state index contributed by atoms with van der Waals surface area (Å²) in [6, 6.07) is 10.5. The first-order valence-corrected chi connectivity index (χ1v) is 9.23. The smallest absolute Gasteiger partial charge is 0.295 e. The molecule has 0 saturated carbocycles. The van der Waals surface area contributed by atoms with Crippen molar-refractivity contribution < 1.29 is 29.3 Å². The van der Waals surface area contributed by atoms with E-state index in [4.69, 9.17) is 9.47 Å². The number of hydrogen-bond acceptors (Lipinski definition) is 6. The van der Waals surface area contributed by atoms with Crippen molar-refractivity contribution >= 4 is 17.4 Å². The van der Waals surface area contributed by atoms with Crippen molar-refractivity contribution in [3.63, 3.8) is 0 Å². The van der Waals surface area contributed by atoms with Crippen molar-refractivity contribution in [1.29, 1.82) is 0 Å². The van der Waals surface area contributed by atoms with Gasteiger partial charge in [-0.2, -0.15) is 0 Å². The van der Waals surface area contributed by atoms with Crippen LogP contribution in [0.25, 0.3) is 5.76 Å². The van der Waals surface area contributed by atoms with Crippen LogP contribution in [0.1, 0.15) is 30.5 Å². The second kappa shape index (κ2) is 8.26. The van der Waals surface area contributed by atoms with Crippen LogP contribution >= 0.6 is 0 Å². The van der Waals surface area contributed by atoms with Gasteiger partial charge in [-0.25, -0.2) is 0 Å². The summed E-state index contributed by atoms with van der Waals surface area (Å²) in [5.74, 6) is -1.26. The Morgan fingerprint density at radius 2 is 1.76 bits per heavy atom. The second-order valence-corrected chi connectivity index (χ2v) is 6.62. The number of aliphatic hydroxyl groups excluding tert-OH is 1. The minimum Gasteiger partial charge on any atom is -0.507 e. The van der Waals surface area contributed by atoms with Gasteiger partial charge in [0.2, 0.25) is 0 Å². The van der Waals surface area contributed by atoms with Gasteiger partial charge in [-0.3, -0.25) is 9.59 Å². The molecule has 1 amide bonds. The van der Waals surface area contributed by atoms with Crippen LogP contribution < -0.4 is 9.47 Å². The maximum atomic E-state index is 12.9. The van der Waals surface area contributed by atoms with Crippen LogP contribution in [0.4, 0.5) is 0 Å². The third-order valence-corrected chi connectivity index (χ3v) is 4.89. The van der Waals surface area contributed by atoms with Crippen molar-refractivity contribution in [3.05, 3.63) is 59.2 Å². The molecular formula is C22H23NO6. The number of aliphatic hydroxyl groups is 1. The molecule has 2 aromatic carbocycles. The number of Topliss-reactive ketones (excluding diaryl/α,β-unsaturated/α-hetero) is 1. The molecule has 0 spiro atoms. The summed E-state index contributed by atoms with van der Waals surface area (Å²) in [7, 11) is 2.89. The fourth-order valence-electron chi connectivity index (χ4n) is 3.56. The Labute approximate surface area is 168 Å². The monoisotopic (exact) mass is 397 g/mol. The number of carbonyl (C=O) groups is 2. The Balaban J connectivity index is 2.23. The van der Waals surface area contributed by atoms with E-state index in [-0.39, 0.29) is 22.8 Å². The van der Waals surface area contributed by atoms with Crippen LogP contribution in [0.15, 0.2) is 48.0 Å². The number of methoxy groups -OCH3 is 2. The SMILES string of the molecule is CCCN1C(=O)C(=O)/C(=C(\O)c2ccccc2OC)C1c1ccc(OC)c(O)c1. The van der Waals surface area contributed by atoms with E-state index >= 15 is 0 Å². The molecule has 0 aliphatic carbocycles. The minimum atomic E-state index is -0.836. The van der Waals surface area contributed by atoms with Gasteiger partial charge in [0.05, 0.1) is 31.4 Å². The van der Waals surface area contributed by atoms with Crippen molar-refractivity contribution in [3.8, 4) is 17.2 Å². The topological polar surface area (TPSA) is 96.3 Å². The molecule has 2 N–H and O–H groups in total. The molecule has 0 radical (unpaired) electrons. The quantitative estimate of drug-likeness (QED) is 0.441. The number of para-hydroxylation sites is 1.